The van der Waals surface area contributed by atoms with E-state index >= 15 is 0 Å². The van der Waals surface area contributed by atoms with E-state index in [9.17, 15) is 14.3 Å². The molecule has 3 N–H and O–H groups in total. The Morgan fingerprint density at radius 2 is 1.98 bits per heavy atom. The fourth-order valence-corrected chi connectivity index (χ4v) is 6.37. The average molecular weight is 590 g/mol. The Morgan fingerprint density at radius 1 is 1.11 bits per heavy atom. The molecule has 8 nitrogen and oxygen atoms in total. The number of fused-ring (bicyclic) bond motifs is 4. The third-order valence-electron chi connectivity index (χ3n) is 8.46. The number of aromatic nitrogens is 4. The van der Waals surface area contributed by atoms with Gasteiger partial charge in [-0.1, -0.05) is 30.3 Å². The maximum absolute atomic E-state index is 14.5. The Balaban J connectivity index is 1.31. The highest BCUT2D eigenvalue weighted by molar-refractivity contribution is 6.03. The van der Waals surface area contributed by atoms with Gasteiger partial charge in [-0.15, -0.1) is 0 Å². The van der Waals surface area contributed by atoms with Crippen LogP contribution in [-0.2, 0) is 26.4 Å². The number of aromatic amines is 1. The van der Waals surface area contributed by atoms with Crippen molar-refractivity contribution in [2.45, 2.75) is 25.4 Å². The number of rotatable bonds is 8. The van der Waals surface area contributed by atoms with Crippen LogP contribution in [-0.4, -0.2) is 50.1 Å². The van der Waals surface area contributed by atoms with E-state index in [1.807, 2.05) is 55.8 Å². The molecule has 3 aromatic heterocycles. The number of nitrogens with one attached hydrogen (secondary N) is 2. The van der Waals surface area contributed by atoms with E-state index in [0.717, 1.165) is 50.2 Å². The summed E-state index contributed by atoms with van der Waals surface area (Å²) in [5.74, 6) is 0.0486. The molecule has 0 radical (unpaired) electrons. The van der Waals surface area contributed by atoms with Crippen LogP contribution in [0.1, 0.15) is 21.5 Å². The first-order valence-corrected chi connectivity index (χ1v) is 14.6. The minimum absolute atomic E-state index is 0.231. The molecule has 9 heteroatoms. The van der Waals surface area contributed by atoms with Crippen LogP contribution in [0.3, 0.4) is 0 Å². The Kier molecular flexibility index (Phi) is 7.02. The lowest BCUT2D eigenvalue weighted by molar-refractivity contribution is 0.0917. The number of hydrogen-bond donors (Lipinski definition) is 3. The zero-order valence-corrected chi connectivity index (χ0v) is 24.5. The van der Waals surface area contributed by atoms with Crippen molar-refractivity contribution in [3.63, 3.8) is 0 Å². The van der Waals surface area contributed by atoms with Crippen LogP contribution in [0.5, 0.6) is 5.75 Å². The van der Waals surface area contributed by atoms with Gasteiger partial charge in [-0.2, -0.15) is 5.10 Å². The number of amides is 1. The van der Waals surface area contributed by atoms with Crippen LogP contribution in [0.15, 0.2) is 85.3 Å². The number of benzene rings is 3. The van der Waals surface area contributed by atoms with Crippen LogP contribution < -0.4 is 10.1 Å². The SMILES string of the molecule is COc1cc2c(cc1-c1cnn(C)c1)-c1cc(C(=O)NC(CO)Cc3c[nH]c4ccccc34)c(-c3cccc(F)c3)n1CC2. The average Bonchev–Trinajstić information content (AvgIpc) is 3.77. The zero-order valence-electron chi connectivity index (χ0n) is 24.5. The third-order valence-corrected chi connectivity index (χ3v) is 8.46. The number of para-hydroxylation sites is 1. The maximum Gasteiger partial charge on any atom is 0.253 e. The zero-order chi connectivity index (χ0) is 30.4. The van der Waals surface area contributed by atoms with Crippen LogP contribution >= 0.6 is 0 Å². The van der Waals surface area contributed by atoms with E-state index in [0.29, 0.717) is 36.2 Å². The van der Waals surface area contributed by atoms with Crippen molar-refractivity contribution >= 4 is 16.8 Å². The van der Waals surface area contributed by atoms with Crippen molar-refractivity contribution in [3.05, 3.63) is 108 Å². The summed E-state index contributed by atoms with van der Waals surface area (Å²) < 4.78 is 24.1. The van der Waals surface area contributed by atoms with E-state index < -0.39 is 6.04 Å². The van der Waals surface area contributed by atoms with Crippen molar-refractivity contribution in [2.75, 3.05) is 13.7 Å². The minimum Gasteiger partial charge on any atom is -0.496 e. The summed E-state index contributed by atoms with van der Waals surface area (Å²) in [6, 6.07) is 19.8. The van der Waals surface area contributed by atoms with Crippen molar-refractivity contribution in [2.24, 2.45) is 7.05 Å². The van der Waals surface area contributed by atoms with Gasteiger partial charge in [0.2, 0.25) is 0 Å². The number of aliphatic hydroxyl groups is 1. The Bertz CT molecular complexity index is 2020. The first-order valence-electron chi connectivity index (χ1n) is 14.6. The second-order valence-corrected chi connectivity index (χ2v) is 11.2. The molecule has 6 aromatic rings. The van der Waals surface area contributed by atoms with Gasteiger partial charge in [-0.25, -0.2) is 4.39 Å². The van der Waals surface area contributed by atoms with Crippen molar-refractivity contribution in [1.29, 1.82) is 0 Å². The maximum atomic E-state index is 14.5. The second-order valence-electron chi connectivity index (χ2n) is 11.2. The highest BCUT2D eigenvalue weighted by Crippen LogP contribution is 2.43. The molecule has 7 rings (SSSR count). The van der Waals surface area contributed by atoms with Gasteiger partial charge in [0.05, 0.1) is 37.2 Å². The molecule has 1 unspecified atom stereocenters. The second kappa shape index (κ2) is 11.2. The summed E-state index contributed by atoms with van der Waals surface area (Å²) in [5.41, 5.74) is 8.44. The summed E-state index contributed by atoms with van der Waals surface area (Å²) in [7, 11) is 3.53. The molecule has 0 bridgehead atoms. The van der Waals surface area contributed by atoms with Crippen LogP contribution in [0, 0.1) is 5.82 Å². The van der Waals surface area contributed by atoms with Crippen LogP contribution in [0.25, 0.3) is 44.5 Å². The number of halogens is 1. The highest BCUT2D eigenvalue weighted by atomic mass is 19.1. The molecule has 0 fully saturated rings. The van der Waals surface area contributed by atoms with E-state index in [1.165, 1.54) is 12.1 Å². The summed E-state index contributed by atoms with van der Waals surface area (Å²) in [5, 5.41) is 18.8. The molecule has 0 aliphatic carbocycles. The van der Waals surface area contributed by atoms with Gasteiger partial charge < -0.3 is 24.7 Å². The molecule has 4 heterocycles. The highest BCUT2D eigenvalue weighted by Gasteiger charge is 2.29. The first-order chi connectivity index (χ1) is 21.4. The normalized spacial score (nSPS) is 13.0. The third kappa shape index (κ3) is 4.85. The van der Waals surface area contributed by atoms with E-state index in [1.54, 1.807) is 24.1 Å². The van der Waals surface area contributed by atoms with Crippen molar-refractivity contribution in [3.8, 4) is 39.4 Å². The van der Waals surface area contributed by atoms with Gasteiger partial charge in [0.1, 0.15) is 11.6 Å². The Labute approximate surface area is 253 Å². The molecule has 3 aromatic carbocycles. The van der Waals surface area contributed by atoms with Gasteiger partial charge in [0.25, 0.3) is 5.91 Å². The smallest absolute Gasteiger partial charge is 0.253 e. The number of hydrogen-bond acceptors (Lipinski definition) is 4. The van der Waals surface area contributed by atoms with E-state index in [4.69, 9.17) is 4.74 Å². The van der Waals surface area contributed by atoms with Gasteiger partial charge >= 0.3 is 0 Å². The Morgan fingerprint density at radius 3 is 2.75 bits per heavy atom. The predicted molar refractivity (Wildman–Crippen MR) is 168 cm³/mol. The number of nitrogens with zero attached hydrogens (tertiary/aromatic N) is 3. The number of aryl methyl sites for hydroxylation is 2. The molecule has 0 saturated carbocycles. The summed E-state index contributed by atoms with van der Waals surface area (Å²) in [4.78, 5) is 17.3. The molecule has 0 saturated heterocycles. The van der Waals surface area contributed by atoms with Crippen LogP contribution in [0.4, 0.5) is 4.39 Å². The minimum atomic E-state index is -0.521. The molecular weight excluding hydrogens is 557 g/mol. The quantitative estimate of drug-likeness (QED) is 0.211. The first kappa shape index (κ1) is 27.7. The Hall–Kier alpha value is -5.15. The number of carbonyl (C=O) groups excluding carboxylic acids is 1. The lowest BCUT2D eigenvalue weighted by Gasteiger charge is -2.23. The van der Waals surface area contributed by atoms with Gasteiger partial charge in [-0.3, -0.25) is 9.48 Å². The van der Waals surface area contributed by atoms with Crippen molar-refractivity contribution in [1.82, 2.24) is 24.6 Å². The molecular formula is C35H32FN5O3. The summed E-state index contributed by atoms with van der Waals surface area (Å²) >= 11 is 0. The molecule has 0 spiro atoms. The summed E-state index contributed by atoms with van der Waals surface area (Å²) in [6.07, 6.45) is 6.81. The molecule has 1 aliphatic heterocycles. The monoisotopic (exact) mass is 589 g/mol. The number of methoxy groups -OCH3 is 1. The molecule has 1 atom stereocenters. The van der Waals surface area contributed by atoms with Crippen molar-refractivity contribution < 1.29 is 19.0 Å². The largest absolute Gasteiger partial charge is 0.496 e. The fourth-order valence-electron chi connectivity index (χ4n) is 6.37. The lowest BCUT2D eigenvalue weighted by Crippen LogP contribution is -2.39. The molecule has 44 heavy (non-hydrogen) atoms. The lowest BCUT2D eigenvalue weighted by atomic mass is 9.93. The molecule has 1 aliphatic rings. The summed E-state index contributed by atoms with van der Waals surface area (Å²) in [6.45, 7) is 0.376. The van der Waals surface area contributed by atoms with E-state index in [-0.39, 0.29) is 18.3 Å². The standard InChI is InChI=1S/C35H32FN5O3/c1-40-19-24(18-38-40)29-15-28-21(14-33(29)44-2)10-11-41-32(28)16-30(34(41)22-6-5-7-25(36)12-22)35(43)39-26(20-42)13-23-17-37-31-9-4-3-8-27(23)31/h3-9,12,14-19,26,37,42H,10-11,13,20H2,1-2H3,(H,39,43). The molecule has 1 amide bonds. The van der Waals surface area contributed by atoms with E-state index in [2.05, 4.69) is 32.1 Å². The van der Waals surface area contributed by atoms with Crippen LogP contribution in [0.2, 0.25) is 0 Å². The van der Waals surface area contributed by atoms with Gasteiger partial charge in [-0.05, 0) is 60.4 Å². The number of ether oxygens (including phenoxy) is 1. The fraction of sp³-hybridized carbons (Fsp3) is 0.200. The van der Waals surface area contributed by atoms with Gasteiger partial charge in [0.15, 0.2) is 0 Å². The number of carbonyl (C=O) groups is 1. The van der Waals surface area contributed by atoms with Gasteiger partial charge in [0, 0.05) is 64.8 Å². The predicted octanol–water partition coefficient (Wildman–Crippen LogP) is 5.74. The topological polar surface area (TPSA) is 97.1 Å². The number of aliphatic hydroxyl groups excluding tert-OH is 1. The molecule has 222 valence electrons. The number of H-pyrrole nitrogens is 1.